The van der Waals surface area contributed by atoms with Gasteiger partial charge in [-0.1, -0.05) is 6.58 Å². The summed E-state index contributed by atoms with van der Waals surface area (Å²) in [6.07, 6.45) is 6.43. The van der Waals surface area contributed by atoms with Crippen LogP contribution in [0.2, 0.25) is 0 Å². The van der Waals surface area contributed by atoms with Crippen molar-refractivity contribution in [2.24, 2.45) is 5.92 Å². The van der Waals surface area contributed by atoms with Gasteiger partial charge in [-0.05, 0) is 66.8 Å². The summed E-state index contributed by atoms with van der Waals surface area (Å²) in [5, 5.41) is 12.2. The van der Waals surface area contributed by atoms with Crippen LogP contribution in [0.15, 0.2) is 30.7 Å². The number of hydrogen-bond acceptors (Lipinski definition) is 2. The highest BCUT2D eigenvalue weighted by Gasteiger charge is 2.28. The number of fused-ring (bicyclic) bond motifs is 2. The van der Waals surface area contributed by atoms with Gasteiger partial charge in [-0.3, -0.25) is 4.98 Å². The largest absolute Gasteiger partial charge is 0.513 e. The molecule has 1 N–H and O–H groups in total. The molecule has 20 heavy (non-hydrogen) atoms. The Bertz CT molecular complexity index is 728. The standard InChI is InChI=1S/C18H19NO/c1-10-16-7-13(11(2)20)5-14(16)6-15-9-19-18(8-17(10)15)12-3-4-12/h6,8-9,12-13,20H,2-5,7H2,1H3. The third-order valence-electron chi connectivity index (χ3n) is 4.91. The second-order valence-electron chi connectivity index (χ2n) is 6.34. The highest BCUT2D eigenvalue weighted by Crippen LogP contribution is 2.41. The van der Waals surface area contributed by atoms with Gasteiger partial charge in [-0.2, -0.15) is 0 Å². The van der Waals surface area contributed by atoms with Crippen LogP contribution in [0.3, 0.4) is 0 Å². The number of nitrogens with zero attached hydrogens (tertiary/aromatic N) is 1. The van der Waals surface area contributed by atoms with Crippen molar-refractivity contribution in [1.82, 2.24) is 4.98 Å². The number of aromatic nitrogens is 1. The molecule has 1 aromatic heterocycles. The summed E-state index contributed by atoms with van der Waals surface area (Å²) in [4.78, 5) is 4.62. The van der Waals surface area contributed by atoms with E-state index in [4.69, 9.17) is 0 Å². The zero-order chi connectivity index (χ0) is 13.9. The first kappa shape index (κ1) is 12.0. The summed E-state index contributed by atoms with van der Waals surface area (Å²) >= 11 is 0. The van der Waals surface area contributed by atoms with Crippen molar-refractivity contribution in [2.45, 2.75) is 38.5 Å². The Labute approximate surface area is 119 Å². The maximum Gasteiger partial charge on any atom is 0.0888 e. The second-order valence-corrected chi connectivity index (χ2v) is 6.34. The molecule has 2 aliphatic carbocycles. The molecule has 1 unspecified atom stereocenters. The van der Waals surface area contributed by atoms with E-state index in [9.17, 15) is 5.11 Å². The first-order valence-electron chi connectivity index (χ1n) is 7.42. The molecule has 2 nitrogen and oxygen atoms in total. The predicted octanol–water partition coefficient (Wildman–Crippen LogP) is 4.21. The summed E-state index contributed by atoms with van der Waals surface area (Å²) in [6, 6.07) is 4.54. The smallest absolute Gasteiger partial charge is 0.0888 e. The van der Waals surface area contributed by atoms with E-state index in [0.717, 1.165) is 12.8 Å². The van der Waals surface area contributed by atoms with Crippen molar-refractivity contribution in [3.63, 3.8) is 0 Å². The number of allylic oxidation sites excluding steroid dienone is 1. The number of aryl methyl sites for hydroxylation is 1. The van der Waals surface area contributed by atoms with E-state index in [1.807, 2.05) is 6.20 Å². The van der Waals surface area contributed by atoms with E-state index in [1.54, 1.807) is 0 Å². The molecule has 0 saturated heterocycles. The Kier molecular flexibility index (Phi) is 2.44. The number of rotatable bonds is 2. The second kappa shape index (κ2) is 4.08. The van der Waals surface area contributed by atoms with Crippen molar-refractivity contribution < 1.29 is 5.11 Å². The molecule has 102 valence electrons. The molecule has 2 aromatic rings. The first-order chi connectivity index (χ1) is 9.63. The van der Waals surface area contributed by atoms with Crippen LogP contribution in [-0.2, 0) is 12.8 Å². The van der Waals surface area contributed by atoms with Crippen LogP contribution < -0.4 is 0 Å². The summed E-state index contributed by atoms with van der Waals surface area (Å²) < 4.78 is 0. The molecule has 0 radical (unpaired) electrons. The number of aliphatic hydroxyl groups is 1. The van der Waals surface area contributed by atoms with Gasteiger partial charge in [-0.25, -0.2) is 0 Å². The highest BCUT2D eigenvalue weighted by molar-refractivity contribution is 5.87. The molecule has 1 fully saturated rings. The summed E-state index contributed by atoms with van der Waals surface area (Å²) in [6.45, 7) is 5.92. The van der Waals surface area contributed by atoms with Crippen molar-refractivity contribution in [2.75, 3.05) is 0 Å². The average molecular weight is 265 g/mol. The van der Waals surface area contributed by atoms with E-state index in [-0.39, 0.29) is 5.92 Å². The maximum atomic E-state index is 9.67. The summed E-state index contributed by atoms with van der Waals surface area (Å²) in [5.41, 5.74) is 5.38. The molecule has 1 saturated carbocycles. The van der Waals surface area contributed by atoms with Gasteiger partial charge < -0.3 is 5.11 Å². The number of hydrogen-bond donors (Lipinski definition) is 1. The van der Waals surface area contributed by atoms with Gasteiger partial charge >= 0.3 is 0 Å². The van der Waals surface area contributed by atoms with Gasteiger partial charge in [0.15, 0.2) is 0 Å². The van der Waals surface area contributed by atoms with E-state index >= 15 is 0 Å². The fourth-order valence-electron chi connectivity index (χ4n) is 3.49. The van der Waals surface area contributed by atoms with Crippen LogP contribution >= 0.6 is 0 Å². The van der Waals surface area contributed by atoms with E-state index in [0.29, 0.717) is 11.7 Å². The third kappa shape index (κ3) is 1.75. The van der Waals surface area contributed by atoms with Crippen molar-refractivity contribution >= 4 is 10.8 Å². The summed E-state index contributed by atoms with van der Waals surface area (Å²) in [5.74, 6) is 1.20. The van der Waals surface area contributed by atoms with Crippen molar-refractivity contribution in [1.29, 1.82) is 0 Å². The Morgan fingerprint density at radius 2 is 2.10 bits per heavy atom. The molecule has 2 aliphatic rings. The van der Waals surface area contributed by atoms with Gasteiger partial charge in [0.2, 0.25) is 0 Å². The third-order valence-corrected chi connectivity index (χ3v) is 4.91. The summed E-state index contributed by atoms with van der Waals surface area (Å²) in [7, 11) is 0. The van der Waals surface area contributed by atoms with Gasteiger partial charge in [0.1, 0.15) is 0 Å². The molecule has 1 aromatic carbocycles. The molecule has 2 heteroatoms. The number of aliphatic hydroxyl groups excluding tert-OH is 1. The molecule has 0 bridgehead atoms. The van der Waals surface area contributed by atoms with Crippen LogP contribution in [0.5, 0.6) is 0 Å². The number of benzene rings is 1. The van der Waals surface area contributed by atoms with Crippen LogP contribution in [0.25, 0.3) is 10.8 Å². The quantitative estimate of drug-likeness (QED) is 0.825. The molecular formula is C18H19NO. The minimum atomic E-state index is 0.191. The molecule has 0 amide bonds. The Balaban J connectivity index is 1.86. The lowest BCUT2D eigenvalue weighted by atomic mass is 9.97. The van der Waals surface area contributed by atoms with Gasteiger partial charge in [0.05, 0.1) is 5.76 Å². The zero-order valence-corrected chi connectivity index (χ0v) is 11.8. The fraction of sp³-hybridized carbons (Fsp3) is 0.389. The van der Waals surface area contributed by atoms with Crippen LogP contribution in [0.1, 0.15) is 41.1 Å². The molecule has 1 heterocycles. The highest BCUT2D eigenvalue weighted by atomic mass is 16.3. The SMILES string of the molecule is C=C(O)C1Cc2cc3cnc(C4CC4)cc3c(C)c2C1. The average Bonchev–Trinajstić information content (AvgIpc) is 3.18. The van der Waals surface area contributed by atoms with E-state index in [2.05, 4.69) is 30.6 Å². The first-order valence-corrected chi connectivity index (χ1v) is 7.42. The Hall–Kier alpha value is -1.83. The molecule has 0 aliphatic heterocycles. The van der Waals surface area contributed by atoms with Gasteiger partial charge in [-0.15, -0.1) is 0 Å². The van der Waals surface area contributed by atoms with E-state index < -0.39 is 0 Å². The lowest BCUT2D eigenvalue weighted by Gasteiger charge is -2.10. The Morgan fingerprint density at radius 1 is 1.30 bits per heavy atom. The van der Waals surface area contributed by atoms with Crippen LogP contribution in [0.4, 0.5) is 0 Å². The monoisotopic (exact) mass is 265 g/mol. The Morgan fingerprint density at radius 3 is 2.80 bits per heavy atom. The molecule has 1 atom stereocenters. The molecular weight excluding hydrogens is 246 g/mol. The van der Waals surface area contributed by atoms with Crippen LogP contribution in [-0.4, -0.2) is 10.1 Å². The lowest BCUT2D eigenvalue weighted by Crippen LogP contribution is -2.01. The zero-order valence-electron chi connectivity index (χ0n) is 11.8. The molecule has 4 rings (SSSR count). The van der Waals surface area contributed by atoms with Crippen molar-refractivity contribution in [3.05, 3.63) is 53.1 Å². The topological polar surface area (TPSA) is 33.1 Å². The van der Waals surface area contributed by atoms with Gasteiger partial charge in [0.25, 0.3) is 0 Å². The van der Waals surface area contributed by atoms with Gasteiger partial charge in [0, 0.05) is 29.1 Å². The minimum absolute atomic E-state index is 0.191. The van der Waals surface area contributed by atoms with Crippen molar-refractivity contribution in [3.8, 4) is 0 Å². The van der Waals surface area contributed by atoms with E-state index in [1.165, 1.54) is 46.0 Å². The fourth-order valence-corrected chi connectivity index (χ4v) is 3.49. The lowest BCUT2D eigenvalue weighted by molar-refractivity contribution is 0.337. The minimum Gasteiger partial charge on any atom is -0.513 e. The maximum absolute atomic E-state index is 9.67. The molecule has 0 spiro atoms. The normalized spacial score (nSPS) is 21.1. The number of pyridine rings is 1. The van der Waals surface area contributed by atoms with Crippen LogP contribution in [0, 0.1) is 12.8 Å². The predicted molar refractivity (Wildman–Crippen MR) is 81.1 cm³/mol.